The smallest absolute Gasteiger partial charge is 0.258 e. The van der Waals surface area contributed by atoms with E-state index in [1.54, 1.807) is 24.5 Å². The van der Waals surface area contributed by atoms with Gasteiger partial charge in [0, 0.05) is 37.3 Å². The van der Waals surface area contributed by atoms with Crippen LogP contribution in [0.5, 0.6) is 0 Å². The lowest BCUT2D eigenvalue weighted by Crippen LogP contribution is -2.27. The van der Waals surface area contributed by atoms with E-state index in [-0.39, 0.29) is 11.5 Å². The number of nitrogens with zero attached hydrogens (tertiary/aromatic N) is 4. The number of carbonyl (C=O) groups excluding carboxylic acids is 1. The van der Waals surface area contributed by atoms with Crippen LogP contribution in [0.15, 0.2) is 58.6 Å². The SMILES string of the molecule is O=C(c1ccc(SCc2cc(=O)n3ccccc3n2)nc1)N1CCCC1. The average molecular weight is 366 g/mol. The van der Waals surface area contributed by atoms with Crippen LogP contribution in [0.4, 0.5) is 0 Å². The fourth-order valence-electron chi connectivity index (χ4n) is 3.02. The van der Waals surface area contributed by atoms with Crippen LogP contribution in [0.1, 0.15) is 28.9 Å². The van der Waals surface area contributed by atoms with Gasteiger partial charge in [-0.25, -0.2) is 9.97 Å². The maximum Gasteiger partial charge on any atom is 0.258 e. The number of carbonyl (C=O) groups is 1. The number of thioether (sulfide) groups is 1. The van der Waals surface area contributed by atoms with Crippen LogP contribution < -0.4 is 5.56 Å². The van der Waals surface area contributed by atoms with E-state index >= 15 is 0 Å². The van der Waals surface area contributed by atoms with Gasteiger partial charge in [0.2, 0.25) is 0 Å². The first-order valence-corrected chi connectivity index (χ1v) is 9.55. The molecule has 132 valence electrons. The Kier molecular flexibility index (Phi) is 4.71. The zero-order valence-electron chi connectivity index (χ0n) is 14.2. The van der Waals surface area contributed by atoms with E-state index in [2.05, 4.69) is 9.97 Å². The standard InChI is InChI=1S/C19H18N4O2S/c24-18-11-15(21-16-5-1-2-10-23(16)18)13-26-17-7-6-14(12-20-17)19(25)22-8-3-4-9-22/h1-2,5-7,10-12H,3-4,8-9,13H2. The average Bonchev–Trinajstić information content (AvgIpc) is 3.21. The van der Waals surface area contributed by atoms with Crippen molar-refractivity contribution in [3.8, 4) is 0 Å². The molecule has 4 heterocycles. The second kappa shape index (κ2) is 7.29. The lowest BCUT2D eigenvalue weighted by molar-refractivity contribution is 0.0792. The third-order valence-corrected chi connectivity index (χ3v) is 5.35. The molecule has 1 aliphatic rings. The highest BCUT2D eigenvalue weighted by atomic mass is 32.2. The fraction of sp³-hybridized carbons (Fsp3) is 0.263. The van der Waals surface area contributed by atoms with Gasteiger partial charge in [-0.3, -0.25) is 14.0 Å². The first kappa shape index (κ1) is 16.8. The Morgan fingerprint density at radius 2 is 2.00 bits per heavy atom. The number of amides is 1. The molecule has 0 atom stereocenters. The predicted molar refractivity (Wildman–Crippen MR) is 100 cm³/mol. The largest absolute Gasteiger partial charge is 0.339 e. The van der Waals surface area contributed by atoms with Crippen molar-refractivity contribution in [2.45, 2.75) is 23.6 Å². The van der Waals surface area contributed by atoms with Crippen molar-refractivity contribution in [3.05, 3.63) is 70.4 Å². The molecule has 0 spiro atoms. The number of hydrogen-bond donors (Lipinski definition) is 0. The third kappa shape index (κ3) is 3.48. The van der Waals surface area contributed by atoms with Crippen LogP contribution in [0, 0.1) is 0 Å². The molecule has 0 unspecified atom stereocenters. The first-order chi connectivity index (χ1) is 12.7. The molecular formula is C19H18N4O2S. The second-order valence-corrected chi connectivity index (χ2v) is 7.18. The predicted octanol–water partition coefficient (Wildman–Crippen LogP) is 2.62. The summed E-state index contributed by atoms with van der Waals surface area (Å²) in [7, 11) is 0. The highest BCUT2D eigenvalue weighted by Gasteiger charge is 2.19. The van der Waals surface area contributed by atoms with Crippen molar-refractivity contribution in [3.63, 3.8) is 0 Å². The van der Waals surface area contributed by atoms with Crippen molar-refractivity contribution < 1.29 is 4.79 Å². The number of pyridine rings is 2. The number of likely N-dealkylation sites (tertiary alicyclic amines) is 1. The summed E-state index contributed by atoms with van der Waals surface area (Å²) in [6, 6.07) is 10.7. The molecule has 0 aliphatic carbocycles. The summed E-state index contributed by atoms with van der Waals surface area (Å²) in [6.07, 6.45) is 5.49. The minimum atomic E-state index is -0.0919. The van der Waals surface area contributed by atoms with Crippen molar-refractivity contribution in [2.24, 2.45) is 0 Å². The van der Waals surface area contributed by atoms with Crippen LogP contribution in [0.3, 0.4) is 0 Å². The summed E-state index contributed by atoms with van der Waals surface area (Å²) in [6.45, 7) is 1.66. The van der Waals surface area contributed by atoms with Crippen LogP contribution in [-0.2, 0) is 5.75 Å². The highest BCUT2D eigenvalue weighted by molar-refractivity contribution is 7.98. The summed E-state index contributed by atoms with van der Waals surface area (Å²) >= 11 is 1.50. The topological polar surface area (TPSA) is 67.6 Å². The van der Waals surface area contributed by atoms with Gasteiger partial charge in [-0.15, -0.1) is 11.8 Å². The molecule has 1 fully saturated rings. The minimum absolute atomic E-state index is 0.0516. The van der Waals surface area contributed by atoms with Crippen LogP contribution in [-0.4, -0.2) is 38.3 Å². The Balaban J connectivity index is 1.45. The van der Waals surface area contributed by atoms with E-state index < -0.39 is 0 Å². The molecular weight excluding hydrogens is 348 g/mol. The van der Waals surface area contributed by atoms with Crippen LogP contribution >= 0.6 is 11.8 Å². The van der Waals surface area contributed by atoms with Crippen molar-refractivity contribution >= 4 is 23.3 Å². The summed E-state index contributed by atoms with van der Waals surface area (Å²) in [5.74, 6) is 0.600. The van der Waals surface area contributed by atoms with Crippen molar-refractivity contribution in [1.82, 2.24) is 19.3 Å². The van der Waals surface area contributed by atoms with E-state index in [1.807, 2.05) is 29.2 Å². The molecule has 0 radical (unpaired) electrons. The Bertz CT molecular complexity index is 994. The quantitative estimate of drug-likeness (QED) is 0.664. The lowest BCUT2D eigenvalue weighted by atomic mass is 10.2. The first-order valence-electron chi connectivity index (χ1n) is 8.56. The molecule has 4 rings (SSSR count). The molecule has 3 aromatic rings. The van der Waals surface area contributed by atoms with Crippen molar-refractivity contribution in [1.29, 1.82) is 0 Å². The van der Waals surface area contributed by atoms with Gasteiger partial charge in [0.15, 0.2) is 0 Å². The second-order valence-electron chi connectivity index (χ2n) is 6.19. The summed E-state index contributed by atoms with van der Waals surface area (Å²) in [5.41, 5.74) is 1.88. The summed E-state index contributed by atoms with van der Waals surface area (Å²) < 4.78 is 1.52. The molecule has 0 aromatic carbocycles. The molecule has 6 nitrogen and oxygen atoms in total. The van der Waals surface area contributed by atoms with Gasteiger partial charge in [0.1, 0.15) is 5.65 Å². The lowest BCUT2D eigenvalue weighted by Gasteiger charge is -2.14. The Morgan fingerprint density at radius 1 is 1.15 bits per heavy atom. The molecule has 0 saturated carbocycles. The van der Waals surface area contributed by atoms with Crippen molar-refractivity contribution in [2.75, 3.05) is 13.1 Å². The van der Waals surface area contributed by atoms with Gasteiger partial charge >= 0.3 is 0 Å². The van der Waals surface area contributed by atoms with E-state index in [4.69, 9.17) is 0 Å². The molecule has 26 heavy (non-hydrogen) atoms. The number of hydrogen-bond acceptors (Lipinski definition) is 5. The minimum Gasteiger partial charge on any atom is -0.339 e. The van der Waals surface area contributed by atoms with Gasteiger partial charge < -0.3 is 4.90 Å². The number of aromatic nitrogens is 3. The normalized spacial score (nSPS) is 14.1. The Morgan fingerprint density at radius 3 is 2.77 bits per heavy atom. The number of rotatable bonds is 4. The molecule has 1 aliphatic heterocycles. The maximum atomic E-state index is 12.3. The van der Waals surface area contributed by atoms with E-state index in [0.717, 1.165) is 31.0 Å². The van der Waals surface area contributed by atoms with Gasteiger partial charge in [-0.2, -0.15) is 0 Å². The van der Waals surface area contributed by atoms with E-state index in [9.17, 15) is 9.59 Å². The number of fused-ring (bicyclic) bond motifs is 1. The molecule has 7 heteroatoms. The summed E-state index contributed by atoms with van der Waals surface area (Å²) in [4.78, 5) is 35.2. The van der Waals surface area contributed by atoms with Gasteiger partial charge in [-0.05, 0) is 37.1 Å². The Hall–Kier alpha value is -2.67. The molecule has 3 aromatic heterocycles. The summed E-state index contributed by atoms with van der Waals surface area (Å²) in [5, 5.41) is 0.804. The highest BCUT2D eigenvalue weighted by Crippen LogP contribution is 2.20. The Labute approximate surface area is 154 Å². The zero-order valence-corrected chi connectivity index (χ0v) is 15.0. The molecule has 0 N–H and O–H groups in total. The zero-order chi connectivity index (χ0) is 17.9. The molecule has 1 saturated heterocycles. The van der Waals surface area contributed by atoms with Crippen LogP contribution in [0.2, 0.25) is 0 Å². The van der Waals surface area contributed by atoms with Crippen LogP contribution in [0.25, 0.3) is 5.65 Å². The third-order valence-electron chi connectivity index (χ3n) is 4.37. The molecule has 0 bridgehead atoms. The van der Waals surface area contributed by atoms with E-state index in [1.165, 1.54) is 16.2 Å². The monoisotopic (exact) mass is 366 g/mol. The fourth-order valence-corrected chi connectivity index (χ4v) is 3.75. The van der Waals surface area contributed by atoms with Gasteiger partial charge in [0.25, 0.3) is 11.5 Å². The van der Waals surface area contributed by atoms with Gasteiger partial charge in [0.05, 0.1) is 16.3 Å². The van der Waals surface area contributed by atoms with E-state index in [0.29, 0.717) is 22.7 Å². The molecule has 1 amide bonds. The van der Waals surface area contributed by atoms with Gasteiger partial charge in [-0.1, -0.05) is 6.07 Å². The maximum absolute atomic E-state index is 12.3.